The van der Waals surface area contributed by atoms with Gasteiger partial charge in [0.15, 0.2) is 15.8 Å². The molecular weight excluding hydrogens is 479 g/mol. The largest absolute Gasteiger partial charge is 0.361 e. The molecule has 1 heterocycles. The Morgan fingerprint density at radius 3 is 2.19 bits per heavy atom. The molecule has 0 saturated carbocycles. The van der Waals surface area contributed by atoms with Gasteiger partial charge in [0.1, 0.15) is 5.76 Å². The second-order valence-electron chi connectivity index (χ2n) is 6.14. The van der Waals surface area contributed by atoms with Gasteiger partial charge in [-0.05, 0) is 44.4 Å². The van der Waals surface area contributed by atoms with E-state index in [1.54, 1.807) is 19.2 Å². The Kier molecular flexibility index (Phi) is 9.23. The molecule has 0 bridgehead atoms. The highest BCUT2D eigenvalue weighted by Gasteiger charge is 2.09. The molecule has 0 aliphatic rings. The molecule has 7 nitrogen and oxygen atoms in total. The summed E-state index contributed by atoms with van der Waals surface area (Å²) < 4.78 is 28.1. The van der Waals surface area contributed by atoms with Gasteiger partial charge in [0.25, 0.3) is 0 Å². The third-order valence-electron chi connectivity index (χ3n) is 4.13. The average molecular weight is 506 g/mol. The summed E-state index contributed by atoms with van der Waals surface area (Å²) in [4.78, 5) is 4.54. The molecule has 0 aliphatic carbocycles. The Balaban J connectivity index is 0.00000364. The lowest BCUT2D eigenvalue weighted by molar-refractivity contribution is 0.392. The summed E-state index contributed by atoms with van der Waals surface area (Å²) in [6.45, 7) is 5.28. The van der Waals surface area contributed by atoms with Gasteiger partial charge in [0.2, 0.25) is 0 Å². The fourth-order valence-corrected chi connectivity index (χ4v) is 3.24. The molecule has 0 atom stereocenters. The van der Waals surface area contributed by atoms with Crippen molar-refractivity contribution in [2.75, 3.05) is 26.4 Å². The van der Waals surface area contributed by atoms with E-state index >= 15 is 0 Å². The third kappa shape index (κ3) is 7.13. The minimum Gasteiger partial charge on any atom is -0.361 e. The fraction of sp³-hybridized carbons (Fsp3) is 0.444. The summed E-state index contributed by atoms with van der Waals surface area (Å²) in [5.74, 6) is 1.58. The van der Waals surface area contributed by atoms with Gasteiger partial charge in [-0.15, -0.1) is 24.0 Å². The van der Waals surface area contributed by atoms with Crippen LogP contribution in [0.25, 0.3) is 0 Å². The van der Waals surface area contributed by atoms with Crippen molar-refractivity contribution in [3.63, 3.8) is 0 Å². The highest BCUT2D eigenvalue weighted by Crippen LogP contribution is 2.12. The first-order valence-electron chi connectivity index (χ1n) is 8.46. The number of nitrogens with one attached hydrogen (secondary N) is 2. The number of sulfone groups is 1. The lowest BCUT2D eigenvalue weighted by Gasteiger charge is -2.12. The minimum absolute atomic E-state index is 0. The Morgan fingerprint density at radius 2 is 1.70 bits per heavy atom. The van der Waals surface area contributed by atoms with Crippen LogP contribution in [0.5, 0.6) is 0 Å². The first kappa shape index (κ1) is 23.4. The van der Waals surface area contributed by atoms with E-state index < -0.39 is 9.84 Å². The predicted octanol–water partition coefficient (Wildman–Crippen LogP) is 2.26. The van der Waals surface area contributed by atoms with Gasteiger partial charge < -0.3 is 15.2 Å². The molecule has 0 radical (unpaired) electrons. The maximum atomic E-state index is 11.5. The minimum atomic E-state index is -3.15. The Labute approximate surface area is 178 Å². The molecule has 0 spiro atoms. The third-order valence-corrected chi connectivity index (χ3v) is 5.26. The molecule has 1 aromatic heterocycles. The molecule has 0 saturated heterocycles. The van der Waals surface area contributed by atoms with Crippen molar-refractivity contribution in [2.24, 2.45) is 4.99 Å². The zero-order valence-electron chi connectivity index (χ0n) is 16.1. The van der Waals surface area contributed by atoms with E-state index in [0.29, 0.717) is 11.4 Å². The fourth-order valence-electron chi connectivity index (χ4n) is 2.61. The van der Waals surface area contributed by atoms with E-state index in [9.17, 15) is 8.42 Å². The van der Waals surface area contributed by atoms with Crippen molar-refractivity contribution >= 4 is 39.8 Å². The van der Waals surface area contributed by atoms with Gasteiger partial charge in [-0.3, -0.25) is 4.99 Å². The highest BCUT2D eigenvalue weighted by atomic mass is 127. The van der Waals surface area contributed by atoms with Crippen LogP contribution in [0, 0.1) is 13.8 Å². The van der Waals surface area contributed by atoms with Crippen molar-refractivity contribution in [3.8, 4) is 0 Å². The van der Waals surface area contributed by atoms with Crippen LogP contribution in [0.3, 0.4) is 0 Å². The van der Waals surface area contributed by atoms with Crippen molar-refractivity contribution < 1.29 is 12.9 Å². The summed E-state index contributed by atoms with van der Waals surface area (Å²) in [7, 11) is -1.42. The van der Waals surface area contributed by atoms with Crippen LogP contribution in [-0.4, -0.2) is 45.9 Å². The van der Waals surface area contributed by atoms with Crippen LogP contribution in [0.2, 0.25) is 0 Å². The number of benzene rings is 1. The van der Waals surface area contributed by atoms with Gasteiger partial charge in [-0.2, -0.15) is 0 Å². The molecule has 1 aromatic carbocycles. The first-order valence-corrected chi connectivity index (χ1v) is 10.4. The van der Waals surface area contributed by atoms with E-state index in [2.05, 4.69) is 20.8 Å². The second kappa shape index (κ2) is 10.6. The molecule has 0 unspecified atom stereocenters. The smallest absolute Gasteiger partial charge is 0.190 e. The van der Waals surface area contributed by atoms with Crippen LogP contribution in [0.15, 0.2) is 38.7 Å². The number of hydrogen-bond donors (Lipinski definition) is 2. The zero-order valence-corrected chi connectivity index (χ0v) is 19.2. The van der Waals surface area contributed by atoms with Crippen molar-refractivity contribution in [1.82, 2.24) is 15.8 Å². The number of aryl methyl sites for hydroxylation is 2. The normalized spacial score (nSPS) is 11.8. The second-order valence-corrected chi connectivity index (χ2v) is 8.16. The van der Waals surface area contributed by atoms with Gasteiger partial charge in [-0.25, -0.2) is 8.42 Å². The number of halogens is 1. The number of hydrogen-bond acceptors (Lipinski definition) is 5. The summed E-state index contributed by atoms with van der Waals surface area (Å²) in [5.41, 5.74) is 3.11. The number of aliphatic imine (C=N–C) groups is 1. The predicted molar refractivity (Wildman–Crippen MR) is 118 cm³/mol. The SMILES string of the molecule is CN=C(NCCc1ccc(S(C)(=O)=O)cc1)NCCc1c(C)noc1C.I. The van der Waals surface area contributed by atoms with E-state index in [1.807, 2.05) is 26.0 Å². The van der Waals surface area contributed by atoms with E-state index in [4.69, 9.17) is 4.52 Å². The molecule has 2 N–H and O–H groups in total. The lowest BCUT2D eigenvalue weighted by atomic mass is 10.1. The van der Waals surface area contributed by atoms with Crippen LogP contribution in [0.4, 0.5) is 0 Å². The summed E-state index contributed by atoms with van der Waals surface area (Å²) in [6.07, 6.45) is 2.80. The maximum Gasteiger partial charge on any atom is 0.190 e. The summed E-state index contributed by atoms with van der Waals surface area (Å²) in [5, 5.41) is 10.5. The Hall–Kier alpha value is -1.62. The Morgan fingerprint density at radius 1 is 1.11 bits per heavy atom. The number of rotatable bonds is 7. The quantitative estimate of drug-likeness (QED) is 0.340. The summed E-state index contributed by atoms with van der Waals surface area (Å²) in [6, 6.07) is 6.96. The van der Waals surface area contributed by atoms with Crippen LogP contribution in [-0.2, 0) is 22.7 Å². The number of aromatic nitrogens is 1. The topological polar surface area (TPSA) is 96.6 Å². The van der Waals surface area contributed by atoms with Crippen molar-refractivity contribution in [3.05, 3.63) is 46.8 Å². The molecule has 2 aromatic rings. The van der Waals surface area contributed by atoms with Crippen LogP contribution >= 0.6 is 24.0 Å². The highest BCUT2D eigenvalue weighted by molar-refractivity contribution is 14.0. The number of nitrogens with zero attached hydrogens (tertiary/aromatic N) is 2. The molecule has 0 fully saturated rings. The van der Waals surface area contributed by atoms with Crippen molar-refractivity contribution in [2.45, 2.75) is 31.6 Å². The average Bonchev–Trinajstić information content (AvgIpc) is 2.92. The van der Waals surface area contributed by atoms with E-state index in [0.717, 1.165) is 47.9 Å². The molecule has 2 rings (SSSR count). The molecule has 0 amide bonds. The summed E-state index contributed by atoms with van der Waals surface area (Å²) >= 11 is 0. The van der Waals surface area contributed by atoms with Crippen LogP contribution in [0.1, 0.15) is 22.6 Å². The number of guanidine groups is 1. The van der Waals surface area contributed by atoms with E-state index in [1.165, 1.54) is 6.26 Å². The van der Waals surface area contributed by atoms with Gasteiger partial charge in [0, 0.05) is 32.0 Å². The molecule has 0 aliphatic heterocycles. The van der Waals surface area contributed by atoms with Gasteiger partial charge in [0.05, 0.1) is 10.6 Å². The zero-order chi connectivity index (χ0) is 19.2. The van der Waals surface area contributed by atoms with Crippen LogP contribution < -0.4 is 10.6 Å². The van der Waals surface area contributed by atoms with E-state index in [-0.39, 0.29) is 24.0 Å². The molecule has 9 heteroatoms. The molecule has 150 valence electrons. The Bertz CT molecular complexity index is 842. The molecular formula is C18H27IN4O3S. The lowest BCUT2D eigenvalue weighted by Crippen LogP contribution is -2.39. The standard InChI is InChI=1S/C18H26N4O3S.HI/c1-13-17(14(2)25-22-13)10-12-21-18(19-3)20-11-9-15-5-7-16(8-6-15)26(4,23)24;/h5-8H,9-12H2,1-4H3,(H2,19,20,21);1H. The first-order chi connectivity index (χ1) is 12.3. The maximum absolute atomic E-state index is 11.5. The van der Waals surface area contributed by atoms with Gasteiger partial charge in [-0.1, -0.05) is 17.3 Å². The van der Waals surface area contributed by atoms with Gasteiger partial charge >= 0.3 is 0 Å². The van der Waals surface area contributed by atoms with Crippen molar-refractivity contribution in [1.29, 1.82) is 0 Å². The monoisotopic (exact) mass is 506 g/mol. The molecule has 27 heavy (non-hydrogen) atoms.